The molecular formula is C15H17NO7. The summed E-state index contributed by atoms with van der Waals surface area (Å²) < 4.78 is 14.6. The van der Waals surface area contributed by atoms with Crippen LogP contribution in [0, 0.1) is 0 Å². The number of nitrogens with one attached hydrogen (secondary N) is 1. The summed E-state index contributed by atoms with van der Waals surface area (Å²) in [6, 6.07) is 3.41. The lowest BCUT2D eigenvalue weighted by atomic mass is 10.1. The van der Waals surface area contributed by atoms with Crippen LogP contribution in [0.1, 0.15) is 26.3 Å². The number of ether oxygens (including phenoxy) is 1. The average molecular weight is 323 g/mol. The lowest BCUT2D eigenvalue weighted by Crippen LogP contribution is -2.44. The van der Waals surface area contributed by atoms with E-state index in [-0.39, 0.29) is 17.6 Å². The fraction of sp³-hybridized carbons (Fsp3) is 0.400. The molecule has 0 aliphatic rings. The molecule has 0 unspecified atom stereocenters. The molecule has 1 aromatic heterocycles. The monoisotopic (exact) mass is 323 g/mol. The van der Waals surface area contributed by atoms with Gasteiger partial charge in [-0.2, -0.15) is 0 Å². The van der Waals surface area contributed by atoms with Crippen LogP contribution in [-0.2, 0) is 16.0 Å². The molecule has 23 heavy (non-hydrogen) atoms. The van der Waals surface area contributed by atoms with Crippen molar-refractivity contribution >= 4 is 23.2 Å². The molecule has 1 amide bonds. The normalized spacial score (nSPS) is 12.8. The van der Waals surface area contributed by atoms with Gasteiger partial charge in [-0.3, -0.25) is 0 Å². The molecule has 0 aliphatic heterocycles. The molecule has 0 aliphatic carbocycles. The first kappa shape index (κ1) is 16.6. The van der Waals surface area contributed by atoms with E-state index in [4.69, 9.17) is 13.6 Å². The maximum atomic E-state index is 11.7. The van der Waals surface area contributed by atoms with Crippen molar-refractivity contribution in [3.05, 3.63) is 34.4 Å². The Morgan fingerprint density at radius 1 is 1.26 bits per heavy atom. The van der Waals surface area contributed by atoms with Crippen molar-refractivity contribution in [1.82, 2.24) is 5.32 Å². The highest BCUT2D eigenvalue weighted by atomic mass is 16.6. The first-order valence-corrected chi connectivity index (χ1v) is 6.89. The molecule has 0 bridgehead atoms. The number of benzene rings is 1. The highest BCUT2D eigenvalue weighted by molar-refractivity contribution is 5.80. The fourth-order valence-electron chi connectivity index (χ4n) is 1.93. The molecule has 0 fully saturated rings. The van der Waals surface area contributed by atoms with Crippen molar-refractivity contribution in [3.8, 4) is 0 Å². The second kappa shape index (κ2) is 6.15. The molecule has 124 valence electrons. The minimum Gasteiger partial charge on any atom is -0.480 e. The quantitative estimate of drug-likeness (QED) is 0.882. The summed E-state index contributed by atoms with van der Waals surface area (Å²) in [5.41, 5.74) is 0.317. The van der Waals surface area contributed by atoms with Crippen LogP contribution in [0.2, 0.25) is 0 Å². The van der Waals surface area contributed by atoms with Gasteiger partial charge >= 0.3 is 17.9 Å². The first-order chi connectivity index (χ1) is 10.6. The Bertz CT molecular complexity index is 781. The fourth-order valence-corrected chi connectivity index (χ4v) is 1.93. The number of amides is 1. The number of carboxylic acids is 1. The number of hydrogen-bond acceptors (Lipinski definition) is 6. The highest BCUT2D eigenvalue weighted by Gasteiger charge is 2.24. The lowest BCUT2D eigenvalue weighted by Gasteiger charge is -2.22. The molecule has 2 rings (SSSR count). The number of aliphatic carboxylic acids is 1. The van der Waals surface area contributed by atoms with Crippen LogP contribution < -0.4 is 11.1 Å². The molecule has 1 aromatic carbocycles. The van der Waals surface area contributed by atoms with E-state index in [2.05, 4.69) is 5.32 Å². The average Bonchev–Trinajstić information content (AvgIpc) is 2.74. The van der Waals surface area contributed by atoms with Gasteiger partial charge in [0.1, 0.15) is 11.6 Å². The van der Waals surface area contributed by atoms with Crippen molar-refractivity contribution in [1.29, 1.82) is 0 Å². The van der Waals surface area contributed by atoms with Crippen LogP contribution in [-0.4, -0.2) is 28.8 Å². The first-order valence-electron chi connectivity index (χ1n) is 6.89. The Labute approximate surface area is 131 Å². The van der Waals surface area contributed by atoms with Crippen molar-refractivity contribution in [3.63, 3.8) is 0 Å². The standard InChI is InChI=1S/C15H17NO7/c1-15(2,3)23-13(19)16-9(12(17)18)6-8-4-5-10-11(7-8)22-14(20)21-10/h4-5,7,9H,6H2,1-3H3,(H,16,19)(H,17,18)/t9-/m0/s1. The summed E-state index contributed by atoms with van der Waals surface area (Å²) in [5.74, 6) is -2.04. The molecule has 2 N–H and O–H groups in total. The zero-order chi connectivity index (χ0) is 17.2. The Balaban J connectivity index is 2.13. The number of carbonyl (C=O) groups is 2. The Morgan fingerprint density at radius 3 is 2.52 bits per heavy atom. The zero-order valence-electron chi connectivity index (χ0n) is 12.9. The summed E-state index contributed by atoms with van der Waals surface area (Å²) >= 11 is 0. The molecule has 1 atom stereocenters. The van der Waals surface area contributed by atoms with E-state index in [1.165, 1.54) is 12.1 Å². The van der Waals surface area contributed by atoms with Crippen LogP contribution >= 0.6 is 0 Å². The SMILES string of the molecule is CC(C)(C)OC(=O)N[C@@H](Cc1ccc2oc(=O)oc2c1)C(=O)O. The highest BCUT2D eigenvalue weighted by Crippen LogP contribution is 2.16. The molecule has 1 heterocycles. The van der Waals surface area contributed by atoms with Gasteiger partial charge in [0.15, 0.2) is 11.2 Å². The second-order valence-electron chi connectivity index (χ2n) is 5.98. The summed E-state index contributed by atoms with van der Waals surface area (Å²) in [5, 5.41) is 11.5. The maximum Gasteiger partial charge on any atom is 0.519 e. The van der Waals surface area contributed by atoms with E-state index >= 15 is 0 Å². The number of carbonyl (C=O) groups excluding carboxylic acids is 1. The maximum absolute atomic E-state index is 11.7. The number of alkyl carbamates (subject to hydrolysis) is 1. The van der Waals surface area contributed by atoms with Gasteiger partial charge in [-0.05, 0) is 38.5 Å². The van der Waals surface area contributed by atoms with Crippen LogP contribution in [0.25, 0.3) is 11.2 Å². The molecule has 2 aromatic rings. The van der Waals surface area contributed by atoms with Crippen LogP contribution in [0.15, 0.2) is 31.8 Å². The predicted octanol–water partition coefficient (Wildman–Crippen LogP) is 1.91. The van der Waals surface area contributed by atoms with Crippen molar-refractivity contribution < 1.29 is 28.3 Å². The van der Waals surface area contributed by atoms with E-state index in [1.807, 2.05) is 0 Å². The minimum absolute atomic E-state index is 0.000589. The molecule has 0 spiro atoms. The Morgan fingerprint density at radius 2 is 1.91 bits per heavy atom. The number of carboxylic acid groups (broad SMARTS) is 1. The van der Waals surface area contributed by atoms with E-state index in [0.717, 1.165) is 0 Å². The number of fused-ring (bicyclic) bond motifs is 1. The van der Waals surface area contributed by atoms with Crippen molar-refractivity contribution in [2.75, 3.05) is 0 Å². The third-order valence-electron chi connectivity index (χ3n) is 2.82. The summed E-state index contributed by atoms with van der Waals surface area (Å²) in [6.07, 6.45) is -0.819. The third kappa shape index (κ3) is 4.60. The molecule has 0 radical (unpaired) electrons. The molecule has 0 saturated carbocycles. The van der Waals surface area contributed by atoms with Gasteiger partial charge in [0, 0.05) is 6.42 Å². The van der Waals surface area contributed by atoms with Gasteiger partial charge in [0.25, 0.3) is 0 Å². The van der Waals surface area contributed by atoms with E-state index in [9.17, 15) is 19.5 Å². The minimum atomic E-state index is -1.20. The van der Waals surface area contributed by atoms with Gasteiger partial charge in [-0.15, -0.1) is 0 Å². The van der Waals surface area contributed by atoms with Crippen LogP contribution in [0.5, 0.6) is 0 Å². The lowest BCUT2D eigenvalue weighted by molar-refractivity contribution is -0.139. The molecular weight excluding hydrogens is 306 g/mol. The Kier molecular flexibility index (Phi) is 4.44. The van der Waals surface area contributed by atoms with Gasteiger partial charge in [-0.1, -0.05) is 6.07 Å². The van der Waals surface area contributed by atoms with E-state index in [0.29, 0.717) is 5.56 Å². The van der Waals surface area contributed by atoms with Gasteiger partial charge in [0.2, 0.25) is 0 Å². The number of rotatable bonds is 4. The summed E-state index contributed by atoms with van der Waals surface area (Å²) in [6.45, 7) is 5.03. The van der Waals surface area contributed by atoms with E-state index < -0.39 is 29.5 Å². The van der Waals surface area contributed by atoms with Crippen molar-refractivity contribution in [2.45, 2.75) is 38.8 Å². The number of hydrogen-bond donors (Lipinski definition) is 2. The van der Waals surface area contributed by atoms with Gasteiger partial charge < -0.3 is 24.0 Å². The van der Waals surface area contributed by atoms with Crippen molar-refractivity contribution in [2.24, 2.45) is 0 Å². The summed E-state index contributed by atoms with van der Waals surface area (Å²) in [4.78, 5) is 34.0. The van der Waals surface area contributed by atoms with Gasteiger partial charge in [0.05, 0.1) is 0 Å². The molecule has 8 nitrogen and oxygen atoms in total. The summed E-state index contributed by atoms with van der Waals surface area (Å²) in [7, 11) is 0. The van der Waals surface area contributed by atoms with Crippen LogP contribution in [0.3, 0.4) is 0 Å². The predicted molar refractivity (Wildman–Crippen MR) is 79.2 cm³/mol. The van der Waals surface area contributed by atoms with Gasteiger partial charge in [-0.25, -0.2) is 14.4 Å². The van der Waals surface area contributed by atoms with Crippen LogP contribution in [0.4, 0.5) is 4.79 Å². The third-order valence-corrected chi connectivity index (χ3v) is 2.82. The second-order valence-corrected chi connectivity index (χ2v) is 5.98. The zero-order valence-corrected chi connectivity index (χ0v) is 12.9. The largest absolute Gasteiger partial charge is 0.519 e. The topological polar surface area (TPSA) is 119 Å². The smallest absolute Gasteiger partial charge is 0.480 e. The molecule has 0 saturated heterocycles. The van der Waals surface area contributed by atoms with E-state index in [1.54, 1.807) is 26.8 Å². The molecule has 8 heteroatoms. The Hall–Kier alpha value is -2.77.